The van der Waals surface area contributed by atoms with Gasteiger partial charge in [-0.25, -0.2) is 18.9 Å². The lowest BCUT2D eigenvalue weighted by Crippen LogP contribution is -2.28. The van der Waals surface area contributed by atoms with Gasteiger partial charge in [-0.1, -0.05) is 29.8 Å². The van der Waals surface area contributed by atoms with Gasteiger partial charge < -0.3 is 14.8 Å². The predicted octanol–water partition coefficient (Wildman–Crippen LogP) is 3.29. The topological polar surface area (TPSA) is 99.8 Å². The minimum absolute atomic E-state index is 0.157. The third-order valence-electron chi connectivity index (χ3n) is 4.50. The number of ether oxygens (including phenoxy) is 2. The van der Waals surface area contributed by atoms with Gasteiger partial charge in [0, 0.05) is 17.4 Å². The summed E-state index contributed by atoms with van der Waals surface area (Å²) in [4.78, 5) is 29.5. The number of aromatic nitrogens is 4. The van der Waals surface area contributed by atoms with Gasteiger partial charge in [-0.2, -0.15) is 0 Å². The molecular formula is C21H18ClN5O4. The summed E-state index contributed by atoms with van der Waals surface area (Å²) >= 11 is 5.99. The van der Waals surface area contributed by atoms with Crippen molar-refractivity contribution in [1.82, 2.24) is 19.2 Å². The number of halogens is 1. The van der Waals surface area contributed by atoms with Gasteiger partial charge in [-0.15, -0.1) is 5.10 Å². The van der Waals surface area contributed by atoms with Crippen molar-refractivity contribution in [3.63, 3.8) is 0 Å². The van der Waals surface area contributed by atoms with Gasteiger partial charge in [0.25, 0.3) is 5.88 Å². The van der Waals surface area contributed by atoms with Gasteiger partial charge in [0.15, 0.2) is 0 Å². The van der Waals surface area contributed by atoms with E-state index in [0.717, 1.165) is 10.2 Å². The lowest BCUT2D eigenvalue weighted by Gasteiger charge is -2.10. The van der Waals surface area contributed by atoms with E-state index in [1.807, 2.05) is 25.1 Å². The Morgan fingerprint density at radius 3 is 2.77 bits per heavy atom. The third kappa shape index (κ3) is 4.22. The highest BCUT2D eigenvalue weighted by Gasteiger charge is 2.17. The van der Waals surface area contributed by atoms with Crippen LogP contribution in [0.15, 0.2) is 59.7 Å². The highest BCUT2D eigenvalue weighted by Crippen LogP contribution is 2.28. The Hall–Kier alpha value is -3.85. The minimum atomic E-state index is -0.500. The molecule has 31 heavy (non-hydrogen) atoms. The number of nitrogens with one attached hydrogen (secondary N) is 1. The van der Waals surface area contributed by atoms with Crippen LogP contribution in [0.3, 0.4) is 0 Å². The van der Waals surface area contributed by atoms with Crippen LogP contribution < -0.4 is 20.5 Å². The first kappa shape index (κ1) is 20.4. The molecule has 2 aromatic carbocycles. The van der Waals surface area contributed by atoms with Crippen molar-refractivity contribution in [2.24, 2.45) is 0 Å². The van der Waals surface area contributed by atoms with Crippen LogP contribution in [0, 0.1) is 6.92 Å². The van der Waals surface area contributed by atoms with E-state index in [2.05, 4.69) is 15.4 Å². The van der Waals surface area contributed by atoms with Crippen LogP contribution >= 0.6 is 11.6 Å². The van der Waals surface area contributed by atoms with Crippen molar-refractivity contribution in [3.05, 3.63) is 75.9 Å². The fraction of sp³-hybridized carbons (Fsp3) is 0.143. The second-order valence-electron chi connectivity index (χ2n) is 6.63. The summed E-state index contributed by atoms with van der Waals surface area (Å²) in [5, 5.41) is 7.36. The number of aryl methyl sites for hydroxylation is 1. The number of nitrogens with zero attached hydrogens (tertiary/aromatic N) is 4. The molecule has 0 spiro atoms. The average Bonchev–Trinajstić information content (AvgIpc) is 3.06. The number of methoxy groups -OCH3 is 1. The SMILES string of the molecule is COc1ccc(Cl)cc1NC(=O)Cn1nc2c(Oc3ccccc3C)nccn2c1=O. The Bertz CT molecular complexity index is 1330. The van der Waals surface area contributed by atoms with E-state index in [4.69, 9.17) is 21.1 Å². The highest BCUT2D eigenvalue weighted by molar-refractivity contribution is 6.31. The number of para-hydroxylation sites is 1. The number of amides is 1. The molecule has 9 nitrogen and oxygen atoms in total. The zero-order valence-corrected chi connectivity index (χ0v) is 17.5. The summed E-state index contributed by atoms with van der Waals surface area (Å²) in [6, 6.07) is 12.3. The largest absolute Gasteiger partial charge is 0.495 e. The average molecular weight is 440 g/mol. The fourth-order valence-corrected chi connectivity index (χ4v) is 3.15. The molecule has 0 atom stereocenters. The van der Waals surface area contributed by atoms with Gasteiger partial charge in [0.2, 0.25) is 11.6 Å². The van der Waals surface area contributed by atoms with Crippen LogP contribution in [0.1, 0.15) is 5.56 Å². The zero-order chi connectivity index (χ0) is 22.0. The quantitative estimate of drug-likeness (QED) is 0.495. The number of hydrogen-bond donors (Lipinski definition) is 1. The Morgan fingerprint density at radius 1 is 1.19 bits per heavy atom. The smallest absolute Gasteiger partial charge is 0.351 e. The molecule has 10 heteroatoms. The molecule has 0 fully saturated rings. The highest BCUT2D eigenvalue weighted by atomic mass is 35.5. The third-order valence-corrected chi connectivity index (χ3v) is 4.73. The molecule has 4 aromatic rings. The van der Waals surface area contributed by atoms with Crippen LogP contribution in [0.5, 0.6) is 17.4 Å². The maximum atomic E-state index is 12.7. The van der Waals surface area contributed by atoms with Crippen molar-refractivity contribution >= 4 is 28.8 Å². The van der Waals surface area contributed by atoms with Crippen LogP contribution in [-0.4, -0.2) is 32.2 Å². The van der Waals surface area contributed by atoms with Crippen molar-refractivity contribution in [2.75, 3.05) is 12.4 Å². The molecule has 0 aliphatic rings. The molecular weight excluding hydrogens is 422 g/mol. The number of hydrogen-bond acceptors (Lipinski definition) is 6. The first-order valence-corrected chi connectivity index (χ1v) is 9.65. The summed E-state index contributed by atoms with van der Waals surface area (Å²) < 4.78 is 13.4. The first-order valence-electron chi connectivity index (χ1n) is 9.27. The fourth-order valence-electron chi connectivity index (χ4n) is 2.98. The van der Waals surface area contributed by atoms with Gasteiger partial charge in [-0.3, -0.25) is 4.79 Å². The minimum Gasteiger partial charge on any atom is -0.495 e. The number of carbonyl (C=O) groups excluding carboxylic acids is 1. The molecule has 0 aliphatic heterocycles. The van der Waals surface area contributed by atoms with Crippen molar-refractivity contribution < 1.29 is 14.3 Å². The van der Waals surface area contributed by atoms with Crippen LogP contribution in [-0.2, 0) is 11.3 Å². The van der Waals surface area contributed by atoms with Crippen molar-refractivity contribution in [3.8, 4) is 17.4 Å². The van der Waals surface area contributed by atoms with E-state index in [9.17, 15) is 9.59 Å². The van der Waals surface area contributed by atoms with Gasteiger partial charge >= 0.3 is 5.69 Å². The molecule has 0 bridgehead atoms. The van der Waals surface area contributed by atoms with Crippen LogP contribution in [0.25, 0.3) is 5.65 Å². The Balaban J connectivity index is 1.61. The van der Waals surface area contributed by atoms with Gasteiger partial charge in [-0.05, 0) is 36.8 Å². The zero-order valence-electron chi connectivity index (χ0n) is 16.7. The first-order chi connectivity index (χ1) is 15.0. The Kier molecular flexibility index (Phi) is 5.59. The number of fused-ring (bicyclic) bond motifs is 1. The van der Waals surface area contributed by atoms with Crippen molar-refractivity contribution in [1.29, 1.82) is 0 Å². The number of benzene rings is 2. The number of anilines is 1. The second kappa shape index (κ2) is 8.49. The molecule has 0 aliphatic carbocycles. The van der Waals surface area contributed by atoms with E-state index >= 15 is 0 Å². The molecule has 1 N–H and O–H groups in total. The Labute approximate surface area is 181 Å². The molecule has 2 heterocycles. The molecule has 158 valence electrons. The normalized spacial score (nSPS) is 10.8. The summed E-state index contributed by atoms with van der Waals surface area (Å²) in [7, 11) is 1.48. The Morgan fingerprint density at radius 2 is 2.00 bits per heavy atom. The molecule has 0 saturated heterocycles. The molecule has 0 saturated carbocycles. The van der Waals surface area contributed by atoms with E-state index in [1.165, 1.54) is 23.9 Å². The number of rotatable bonds is 6. The monoisotopic (exact) mass is 439 g/mol. The standard InChI is InChI=1S/C21H18ClN5O4/c1-13-5-3-4-6-16(13)31-20-19-25-27(21(29)26(19)10-9-23-20)12-18(28)24-15-11-14(22)7-8-17(15)30-2/h3-11H,12H2,1-2H3,(H,24,28). The number of carbonyl (C=O) groups is 1. The molecule has 4 rings (SSSR count). The summed E-state index contributed by atoms with van der Waals surface area (Å²) in [5.41, 5.74) is 0.995. The van der Waals surface area contributed by atoms with Crippen LogP contribution in [0.2, 0.25) is 5.02 Å². The van der Waals surface area contributed by atoms with Gasteiger partial charge in [0.05, 0.1) is 12.8 Å². The van der Waals surface area contributed by atoms with E-state index < -0.39 is 11.6 Å². The molecule has 0 radical (unpaired) electrons. The summed E-state index contributed by atoms with van der Waals surface area (Å²) in [6.07, 6.45) is 2.90. The maximum Gasteiger partial charge on any atom is 0.351 e. The van der Waals surface area contributed by atoms with E-state index in [1.54, 1.807) is 24.3 Å². The molecule has 1 amide bonds. The van der Waals surface area contributed by atoms with E-state index in [-0.39, 0.29) is 18.1 Å². The predicted molar refractivity (Wildman–Crippen MR) is 115 cm³/mol. The lowest BCUT2D eigenvalue weighted by atomic mass is 10.2. The lowest BCUT2D eigenvalue weighted by molar-refractivity contribution is -0.117. The molecule has 0 unspecified atom stereocenters. The van der Waals surface area contributed by atoms with Crippen molar-refractivity contribution in [2.45, 2.75) is 13.5 Å². The van der Waals surface area contributed by atoms with E-state index in [0.29, 0.717) is 22.2 Å². The molecule has 2 aromatic heterocycles. The van der Waals surface area contributed by atoms with Gasteiger partial charge in [0.1, 0.15) is 18.0 Å². The maximum absolute atomic E-state index is 12.7. The second-order valence-corrected chi connectivity index (χ2v) is 7.06. The summed E-state index contributed by atoms with van der Waals surface area (Å²) in [5.74, 6) is 0.721. The summed E-state index contributed by atoms with van der Waals surface area (Å²) in [6.45, 7) is 1.58. The van der Waals surface area contributed by atoms with Crippen LogP contribution in [0.4, 0.5) is 5.69 Å².